The highest BCUT2D eigenvalue weighted by Gasteiger charge is 2.37. The Labute approximate surface area is 134 Å². The zero-order valence-corrected chi connectivity index (χ0v) is 14.4. The second-order valence-corrected chi connectivity index (χ2v) is 8.07. The number of hydrogen-bond donors (Lipinski definition) is 2. The predicted molar refractivity (Wildman–Crippen MR) is 79.8 cm³/mol. The molecular weight excluding hydrogens is 328 g/mol. The number of carbonyl (C=O) groups is 3. The average molecular weight is 348 g/mol. The molecule has 23 heavy (non-hydrogen) atoms. The number of ether oxygens (including phenoxy) is 2. The molecule has 0 radical (unpaired) electrons. The zero-order chi connectivity index (χ0) is 18.0. The predicted octanol–water partition coefficient (Wildman–Crippen LogP) is -0.171. The van der Waals surface area contributed by atoms with Gasteiger partial charge in [-0.1, -0.05) is 0 Å². The maximum atomic E-state index is 12.2. The van der Waals surface area contributed by atoms with Crippen LogP contribution in [0.15, 0.2) is 10.6 Å². The van der Waals surface area contributed by atoms with Crippen LogP contribution >= 0.6 is 0 Å². The van der Waals surface area contributed by atoms with Crippen LogP contribution in [0, 0.1) is 0 Å². The van der Waals surface area contributed by atoms with Gasteiger partial charge in [0.1, 0.15) is 17.3 Å². The Morgan fingerprint density at radius 1 is 1.30 bits per heavy atom. The van der Waals surface area contributed by atoms with E-state index in [1.54, 1.807) is 20.8 Å². The molecule has 0 aliphatic carbocycles. The summed E-state index contributed by atoms with van der Waals surface area (Å²) in [6, 6.07) is -1.40. The molecule has 0 fully saturated rings. The summed E-state index contributed by atoms with van der Waals surface area (Å²) in [5.74, 6) is -2.53. The molecule has 0 aromatic carbocycles. The van der Waals surface area contributed by atoms with Crippen LogP contribution in [-0.4, -0.2) is 50.9 Å². The first-order valence-electron chi connectivity index (χ1n) is 6.69. The van der Waals surface area contributed by atoms with Crippen molar-refractivity contribution in [3.63, 3.8) is 0 Å². The quantitative estimate of drug-likeness (QED) is 0.663. The molecule has 0 unspecified atom stereocenters. The average Bonchev–Trinajstić information content (AvgIpc) is 2.46. The zero-order valence-electron chi connectivity index (χ0n) is 13.6. The summed E-state index contributed by atoms with van der Waals surface area (Å²) >= 11 is 0. The second-order valence-electron chi connectivity index (χ2n) is 5.89. The van der Waals surface area contributed by atoms with Crippen LogP contribution in [0.5, 0.6) is 0 Å². The number of nitrogens with one attached hydrogen (secondary N) is 2. The standard InChI is InChI=1S/C13H20N2O7S/c1-7-9(11(17)21-5)15-10(16)8(6-23(7,19)20)14-12(18)22-13(2,3)4/h8H,6H2,1-5H3,(H,14,18)(H,15,16)/t8-/m0/s1. The SMILES string of the molecule is COC(=O)C1=C(C)S(=O)(=O)C[C@H](NC(=O)OC(C)(C)C)C(=O)N1. The Kier molecular flexibility index (Phi) is 5.41. The van der Waals surface area contributed by atoms with Gasteiger partial charge in [0.15, 0.2) is 9.84 Å². The van der Waals surface area contributed by atoms with Gasteiger partial charge in [0, 0.05) is 0 Å². The fourth-order valence-corrected chi connectivity index (χ4v) is 3.10. The first-order valence-corrected chi connectivity index (χ1v) is 8.35. The third-order valence-corrected chi connectivity index (χ3v) is 4.76. The normalized spacial score (nSPS) is 21.1. The van der Waals surface area contributed by atoms with Crippen LogP contribution < -0.4 is 10.6 Å². The molecule has 0 aromatic heterocycles. The van der Waals surface area contributed by atoms with Crippen molar-refractivity contribution in [2.24, 2.45) is 0 Å². The number of amides is 2. The van der Waals surface area contributed by atoms with Gasteiger partial charge >= 0.3 is 12.1 Å². The molecule has 0 saturated heterocycles. The topological polar surface area (TPSA) is 128 Å². The highest BCUT2D eigenvalue weighted by molar-refractivity contribution is 7.95. The number of allylic oxidation sites excluding steroid dienone is 1. The molecule has 2 N–H and O–H groups in total. The van der Waals surface area contributed by atoms with Crippen molar-refractivity contribution < 1.29 is 32.3 Å². The fourth-order valence-electron chi connectivity index (χ4n) is 1.73. The minimum atomic E-state index is -3.95. The van der Waals surface area contributed by atoms with Gasteiger partial charge in [0.25, 0.3) is 0 Å². The molecule has 1 heterocycles. The number of alkyl carbamates (subject to hydrolysis) is 1. The van der Waals surface area contributed by atoms with E-state index in [4.69, 9.17) is 4.74 Å². The lowest BCUT2D eigenvalue weighted by Gasteiger charge is -2.22. The molecule has 9 nitrogen and oxygen atoms in total. The van der Waals surface area contributed by atoms with Crippen LogP contribution in [0.2, 0.25) is 0 Å². The van der Waals surface area contributed by atoms with Crippen LogP contribution in [-0.2, 0) is 28.9 Å². The van der Waals surface area contributed by atoms with Gasteiger partial charge in [-0.05, 0) is 27.7 Å². The van der Waals surface area contributed by atoms with Crippen LogP contribution in [0.3, 0.4) is 0 Å². The molecule has 0 aromatic rings. The van der Waals surface area contributed by atoms with Gasteiger partial charge in [-0.15, -0.1) is 0 Å². The maximum absolute atomic E-state index is 12.2. The molecule has 0 bridgehead atoms. The molecule has 1 rings (SSSR count). The molecule has 1 aliphatic heterocycles. The lowest BCUT2D eigenvalue weighted by atomic mass is 10.2. The van der Waals surface area contributed by atoms with E-state index in [9.17, 15) is 22.8 Å². The fraction of sp³-hybridized carbons (Fsp3) is 0.615. The van der Waals surface area contributed by atoms with Crippen molar-refractivity contribution in [1.82, 2.24) is 10.6 Å². The molecule has 1 aliphatic rings. The Hall–Kier alpha value is -2.10. The molecule has 2 amide bonds. The van der Waals surface area contributed by atoms with Crippen LogP contribution in [0.25, 0.3) is 0 Å². The van der Waals surface area contributed by atoms with Crippen LogP contribution in [0.4, 0.5) is 4.79 Å². The first kappa shape index (κ1) is 18.9. The van der Waals surface area contributed by atoms with Gasteiger partial charge in [0.2, 0.25) is 5.91 Å². The van der Waals surface area contributed by atoms with Crippen molar-refractivity contribution in [2.45, 2.75) is 39.3 Å². The summed E-state index contributed by atoms with van der Waals surface area (Å²) in [5, 5.41) is 4.36. The smallest absolute Gasteiger partial charge is 0.408 e. The third kappa shape index (κ3) is 4.95. The lowest BCUT2D eigenvalue weighted by molar-refractivity contribution is -0.138. The second kappa shape index (κ2) is 6.57. The van der Waals surface area contributed by atoms with Crippen molar-refractivity contribution in [3.05, 3.63) is 10.6 Å². The van der Waals surface area contributed by atoms with Gasteiger partial charge < -0.3 is 20.1 Å². The summed E-state index contributed by atoms with van der Waals surface area (Å²) in [4.78, 5) is 35.1. The molecular formula is C13H20N2O7S. The minimum Gasteiger partial charge on any atom is -0.464 e. The van der Waals surface area contributed by atoms with Gasteiger partial charge in [-0.25, -0.2) is 18.0 Å². The molecule has 130 valence electrons. The minimum absolute atomic E-state index is 0.328. The van der Waals surface area contributed by atoms with E-state index in [0.717, 1.165) is 7.11 Å². The Bertz CT molecular complexity index is 658. The van der Waals surface area contributed by atoms with E-state index in [2.05, 4.69) is 15.4 Å². The lowest BCUT2D eigenvalue weighted by Crippen LogP contribution is -2.50. The maximum Gasteiger partial charge on any atom is 0.408 e. The molecule has 10 heteroatoms. The van der Waals surface area contributed by atoms with Crippen molar-refractivity contribution in [3.8, 4) is 0 Å². The van der Waals surface area contributed by atoms with E-state index in [1.807, 2.05) is 0 Å². The number of carbonyl (C=O) groups excluding carboxylic acids is 3. The van der Waals surface area contributed by atoms with Crippen molar-refractivity contribution >= 4 is 27.8 Å². The highest BCUT2D eigenvalue weighted by atomic mass is 32.2. The highest BCUT2D eigenvalue weighted by Crippen LogP contribution is 2.17. The Balaban J connectivity index is 3.05. The van der Waals surface area contributed by atoms with Gasteiger partial charge in [-0.2, -0.15) is 0 Å². The van der Waals surface area contributed by atoms with E-state index in [1.165, 1.54) is 6.92 Å². The van der Waals surface area contributed by atoms with E-state index >= 15 is 0 Å². The Morgan fingerprint density at radius 3 is 2.35 bits per heavy atom. The Morgan fingerprint density at radius 2 is 1.87 bits per heavy atom. The molecule has 1 atom stereocenters. The monoisotopic (exact) mass is 348 g/mol. The summed E-state index contributed by atoms with van der Waals surface area (Å²) in [6.45, 7) is 6.05. The summed E-state index contributed by atoms with van der Waals surface area (Å²) < 4.78 is 33.9. The number of methoxy groups -OCH3 is 1. The number of rotatable bonds is 2. The van der Waals surface area contributed by atoms with Crippen LogP contribution in [0.1, 0.15) is 27.7 Å². The third-order valence-electron chi connectivity index (χ3n) is 2.85. The van der Waals surface area contributed by atoms with E-state index in [-0.39, 0.29) is 4.91 Å². The summed E-state index contributed by atoms with van der Waals surface area (Å²) in [5.41, 5.74) is -1.28. The number of esters is 1. The first-order chi connectivity index (χ1) is 10.4. The number of sulfone groups is 1. The largest absolute Gasteiger partial charge is 0.464 e. The summed E-state index contributed by atoms with van der Waals surface area (Å²) in [7, 11) is -2.89. The number of hydrogen-bond acceptors (Lipinski definition) is 7. The van der Waals surface area contributed by atoms with E-state index < -0.39 is 50.9 Å². The van der Waals surface area contributed by atoms with E-state index in [0.29, 0.717) is 0 Å². The van der Waals surface area contributed by atoms with Crippen molar-refractivity contribution in [1.29, 1.82) is 0 Å². The molecule has 0 saturated carbocycles. The molecule has 0 spiro atoms. The van der Waals surface area contributed by atoms with Gasteiger partial charge in [0.05, 0.1) is 17.8 Å². The van der Waals surface area contributed by atoms with Gasteiger partial charge in [-0.3, -0.25) is 4.79 Å². The van der Waals surface area contributed by atoms with Crippen molar-refractivity contribution in [2.75, 3.05) is 12.9 Å². The summed E-state index contributed by atoms with van der Waals surface area (Å²) in [6.07, 6.45) is -0.938.